The minimum Gasteiger partial charge on any atom is -0.388 e. The number of hydrogen-bond donors (Lipinski definition) is 1. The van der Waals surface area contributed by atoms with Crippen LogP contribution in [0.4, 0.5) is 26.3 Å². The van der Waals surface area contributed by atoms with Gasteiger partial charge in [-0.05, 0) is 36.6 Å². The average Bonchev–Trinajstić information content (AvgIpc) is 2.81. The van der Waals surface area contributed by atoms with Gasteiger partial charge in [0.2, 0.25) is 0 Å². The Hall–Kier alpha value is -1.57. The largest absolute Gasteiger partial charge is 0.416 e. The molecule has 1 aromatic carbocycles. The standard InChI is InChI=1S/C14H12F6O2/c15-13(16,17)8-4-7(5-9(6-8)14(18,19)20)12(22)10-2-1-3-11(10)21/h4-6,10,12,22H,1-3H2/t10-,12+/m1/s1. The van der Waals surface area contributed by atoms with Crippen LogP contribution in [0.1, 0.15) is 42.1 Å². The zero-order chi connectivity index (χ0) is 16.7. The van der Waals surface area contributed by atoms with E-state index in [0.29, 0.717) is 18.6 Å². The molecular formula is C14H12F6O2. The molecule has 0 spiro atoms. The Balaban J connectivity index is 2.48. The van der Waals surface area contributed by atoms with E-state index in [1.54, 1.807) is 0 Å². The molecule has 1 aromatic rings. The maximum atomic E-state index is 12.7. The fraction of sp³-hybridized carbons (Fsp3) is 0.500. The molecule has 8 heteroatoms. The van der Waals surface area contributed by atoms with Crippen molar-refractivity contribution in [3.63, 3.8) is 0 Å². The number of carbonyl (C=O) groups excluding carboxylic acids is 1. The molecule has 2 nitrogen and oxygen atoms in total. The first kappa shape index (κ1) is 16.8. The van der Waals surface area contributed by atoms with E-state index in [1.807, 2.05) is 0 Å². The van der Waals surface area contributed by atoms with Gasteiger partial charge in [-0.25, -0.2) is 0 Å². The molecule has 0 radical (unpaired) electrons. The van der Waals surface area contributed by atoms with Gasteiger partial charge in [0.15, 0.2) is 0 Å². The fourth-order valence-corrected chi connectivity index (χ4v) is 2.56. The van der Waals surface area contributed by atoms with Crippen molar-refractivity contribution in [3.05, 3.63) is 34.9 Å². The third-order valence-corrected chi connectivity index (χ3v) is 3.68. The summed E-state index contributed by atoms with van der Waals surface area (Å²) in [5.74, 6) is -1.30. The van der Waals surface area contributed by atoms with Crippen molar-refractivity contribution in [2.45, 2.75) is 37.7 Å². The van der Waals surface area contributed by atoms with Crippen molar-refractivity contribution in [2.24, 2.45) is 5.92 Å². The predicted molar refractivity (Wildman–Crippen MR) is 63.8 cm³/mol. The van der Waals surface area contributed by atoms with E-state index in [0.717, 1.165) is 0 Å². The van der Waals surface area contributed by atoms with Crippen molar-refractivity contribution in [1.82, 2.24) is 0 Å². The van der Waals surface area contributed by atoms with Crippen LogP contribution in [-0.2, 0) is 17.1 Å². The van der Waals surface area contributed by atoms with Crippen LogP contribution in [0.3, 0.4) is 0 Å². The average molecular weight is 326 g/mol. The highest BCUT2D eigenvalue weighted by atomic mass is 19.4. The minimum absolute atomic E-state index is 0.00725. The summed E-state index contributed by atoms with van der Waals surface area (Å²) in [6.07, 6.45) is -10.7. The number of Topliss-reactive ketones (excluding diaryl/α,β-unsaturated/α-hetero) is 1. The zero-order valence-electron chi connectivity index (χ0n) is 11.1. The van der Waals surface area contributed by atoms with Gasteiger partial charge in [-0.2, -0.15) is 26.3 Å². The van der Waals surface area contributed by atoms with Crippen molar-refractivity contribution >= 4 is 5.78 Å². The Morgan fingerprint density at radius 2 is 1.50 bits per heavy atom. The van der Waals surface area contributed by atoms with Gasteiger partial charge in [0.25, 0.3) is 0 Å². The number of aliphatic hydroxyl groups excluding tert-OH is 1. The Morgan fingerprint density at radius 1 is 1.00 bits per heavy atom. The lowest BCUT2D eigenvalue weighted by atomic mass is 9.91. The maximum Gasteiger partial charge on any atom is 0.416 e. The van der Waals surface area contributed by atoms with Gasteiger partial charge in [-0.15, -0.1) is 0 Å². The van der Waals surface area contributed by atoms with Gasteiger partial charge in [-0.3, -0.25) is 4.79 Å². The molecule has 1 fully saturated rings. The summed E-state index contributed by atoms with van der Waals surface area (Å²) in [7, 11) is 0. The summed E-state index contributed by atoms with van der Waals surface area (Å²) in [4.78, 5) is 11.5. The first-order chi connectivity index (χ1) is 10.00. The van der Waals surface area contributed by atoms with Crippen molar-refractivity contribution in [1.29, 1.82) is 0 Å². The fourth-order valence-electron chi connectivity index (χ4n) is 2.56. The van der Waals surface area contributed by atoms with Gasteiger partial charge in [0.05, 0.1) is 17.2 Å². The SMILES string of the molecule is O=C1CCC[C@H]1[C@@H](O)c1cc(C(F)(F)F)cc(C(F)(F)F)c1. The quantitative estimate of drug-likeness (QED) is 0.830. The maximum absolute atomic E-state index is 12.7. The van der Waals surface area contributed by atoms with E-state index in [1.165, 1.54) is 0 Å². The molecule has 0 aliphatic heterocycles. The second kappa shape index (κ2) is 5.57. The Labute approximate surface area is 121 Å². The number of benzene rings is 1. The lowest BCUT2D eigenvalue weighted by molar-refractivity contribution is -0.143. The smallest absolute Gasteiger partial charge is 0.388 e. The second-order valence-corrected chi connectivity index (χ2v) is 5.25. The van der Waals surface area contributed by atoms with E-state index >= 15 is 0 Å². The summed E-state index contributed by atoms with van der Waals surface area (Å²) in [6, 6.07) is 0.920. The van der Waals surface area contributed by atoms with Crippen LogP contribution >= 0.6 is 0 Å². The van der Waals surface area contributed by atoms with Crippen molar-refractivity contribution in [3.8, 4) is 0 Å². The van der Waals surface area contributed by atoms with Gasteiger partial charge in [-0.1, -0.05) is 0 Å². The molecule has 0 amide bonds. The molecule has 0 aromatic heterocycles. The number of halogens is 6. The molecule has 0 bridgehead atoms. The number of hydrogen-bond acceptors (Lipinski definition) is 2. The van der Waals surface area contributed by atoms with Gasteiger partial charge in [0, 0.05) is 12.3 Å². The summed E-state index contributed by atoms with van der Waals surface area (Å²) >= 11 is 0. The van der Waals surface area contributed by atoms with E-state index in [9.17, 15) is 36.2 Å². The summed E-state index contributed by atoms with van der Waals surface area (Å²) in [5, 5.41) is 10.0. The highest BCUT2D eigenvalue weighted by Gasteiger charge is 2.39. The molecule has 1 N–H and O–H groups in total. The Bertz CT molecular complexity index is 543. The molecule has 0 saturated heterocycles. The van der Waals surface area contributed by atoms with Crippen LogP contribution in [0, 0.1) is 5.92 Å². The third kappa shape index (κ3) is 3.43. The summed E-state index contributed by atoms with van der Waals surface area (Å²) in [6.45, 7) is 0. The van der Waals surface area contributed by atoms with Crippen LogP contribution in [-0.4, -0.2) is 10.9 Å². The molecule has 22 heavy (non-hydrogen) atoms. The van der Waals surface area contributed by atoms with Crippen LogP contribution in [0.2, 0.25) is 0 Å². The van der Waals surface area contributed by atoms with Crippen molar-refractivity contribution in [2.75, 3.05) is 0 Å². The topological polar surface area (TPSA) is 37.3 Å². The second-order valence-electron chi connectivity index (χ2n) is 5.25. The minimum atomic E-state index is -4.98. The number of carbonyl (C=O) groups is 1. The molecule has 0 heterocycles. The van der Waals surface area contributed by atoms with Crippen LogP contribution in [0.25, 0.3) is 0 Å². The van der Waals surface area contributed by atoms with Crippen molar-refractivity contribution < 1.29 is 36.2 Å². The van der Waals surface area contributed by atoms with E-state index < -0.39 is 41.1 Å². The number of aliphatic hydroxyl groups is 1. The molecule has 1 aliphatic rings. The van der Waals surface area contributed by atoms with Crippen LogP contribution in [0.5, 0.6) is 0 Å². The highest BCUT2D eigenvalue weighted by molar-refractivity contribution is 5.83. The molecule has 122 valence electrons. The van der Waals surface area contributed by atoms with Crippen LogP contribution < -0.4 is 0 Å². The number of ketones is 1. The zero-order valence-corrected chi connectivity index (χ0v) is 11.1. The van der Waals surface area contributed by atoms with E-state index in [-0.39, 0.29) is 24.7 Å². The lowest BCUT2D eigenvalue weighted by Crippen LogP contribution is -2.19. The lowest BCUT2D eigenvalue weighted by Gasteiger charge is -2.20. The molecule has 1 saturated carbocycles. The highest BCUT2D eigenvalue weighted by Crippen LogP contribution is 2.40. The normalized spacial score (nSPS) is 21.2. The molecular weight excluding hydrogens is 314 g/mol. The van der Waals surface area contributed by atoms with E-state index in [4.69, 9.17) is 0 Å². The predicted octanol–water partition coefficient (Wildman–Crippen LogP) is 4.13. The van der Waals surface area contributed by atoms with Gasteiger partial charge < -0.3 is 5.11 Å². The summed E-state index contributed by atoms with van der Waals surface area (Å²) < 4.78 is 76.4. The Morgan fingerprint density at radius 3 is 1.86 bits per heavy atom. The Kier molecular flexibility index (Phi) is 4.25. The first-order valence-corrected chi connectivity index (χ1v) is 6.50. The molecule has 1 aliphatic carbocycles. The monoisotopic (exact) mass is 326 g/mol. The third-order valence-electron chi connectivity index (χ3n) is 3.68. The molecule has 0 unspecified atom stereocenters. The number of rotatable bonds is 2. The van der Waals surface area contributed by atoms with Gasteiger partial charge in [0.1, 0.15) is 5.78 Å². The molecule has 2 rings (SSSR count). The summed E-state index contributed by atoms with van der Waals surface area (Å²) in [5.41, 5.74) is -3.54. The number of alkyl halides is 6. The molecule has 2 atom stereocenters. The first-order valence-electron chi connectivity index (χ1n) is 6.50. The van der Waals surface area contributed by atoms with Gasteiger partial charge >= 0.3 is 12.4 Å². The van der Waals surface area contributed by atoms with Crippen LogP contribution in [0.15, 0.2) is 18.2 Å². The van der Waals surface area contributed by atoms with E-state index in [2.05, 4.69) is 0 Å².